The Kier molecular flexibility index (Phi) is 5.61. The lowest BCUT2D eigenvalue weighted by atomic mass is 9.92. The standard InChI is InChI=1S/C21H24N2O7/c1-12(24)14-9-17-18(29-11-28-17)10-15(14)22-19(25)8-13-4-6-23(7-5-13)21(27)16-2-3-20(26)30-16/h9-10,13,16H,2-8,11H2,1H3,(H,22,25)/t16-/m1/s1. The van der Waals surface area contributed by atoms with Gasteiger partial charge in [-0.1, -0.05) is 0 Å². The number of cyclic esters (lactones) is 1. The number of benzene rings is 1. The van der Waals surface area contributed by atoms with E-state index in [-0.39, 0.29) is 42.7 Å². The molecule has 2 fully saturated rings. The summed E-state index contributed by atoms with van der Waals surface area (Å²) in [6.07, 6.45) is 1.75. The second kappa shape index (κ2) is 8.33. The highest BCUT2D eigenvalue weighted by Gasteiger charge is 2.35. The number of piperidine rings is 1. The zero-order valence-electron chi connectivity index (χ0n) is 16.8. The minimum absolute atomic E-state index is 0.0848. The van der Waals surface area contributed by atoms with E-state index in [1.807, 2.05) is 0 Å². The molecule has 30 heavy (non-hydrogen) atoms. The van der Waals surface area contributed by atoms with Crippen LogP contribution in [0.4, 0.5) is 5.69 Å². The van der Waals surface area contributed by atoms with Gasteiger partial charge in [0, 0.05) is 44.0 Å². The predicted molar refractivity (Wildman–Crippen MR) is 104 cm³/mol. The van der Waals surface area contributed by atoms with Crippen molar-refractivity contribution in [1.82, 2.24) is 4.90 Å². The van der Waals surface area contributed by atoms with Crippen LogP contribution in [0.3, 0.4) is 0 Å². The SMILES string of the molecule is CC(=O)c1cc2c(cc1NC(=O)CC1CCN(C(=O)[C@H]3CCC(=O)O3)CC1)OCO2. The molecule has 1 aromatic carbocycles. The quantitative estimate of drug-likeness (QED) is 0.576. The lowest BCUT2D eigenvalue weighted by Crippen LogP contribution is -2.44. The molecule has 0 saturated carbocycles. The number of likely N-dealkylation sites (tertiary alicyclic amines) is 1. The predicted octanol–water partition coefficient (Wildman–Crippen LogP) is 1.89. The minimum Gasteiger partial charge on any atom is -0.454 e. The fourth-order valence-corrected chi connectivity index (χ4v) is 4.06. The van der Waals surface area contributed by atoms with Crippen molar-refractivity contribution in [2.24, 2.45) is 5.92 Å². The summed E-state index contributed by atoms with van der Waals surface area (Å²) in [5, 5.41) is 2.82. The lowest BCUT2D eigenvalue weighted by Gasteiger charge is -2.32. The molecule has 160 valence electrons. The molecule has 2 saturated heterocycles. The fraction of sp³-hybridized carbons (Fsp3) is 0.524. The number of rotatable bonds is 5. The molecule has 4 rings (SSSR count). The van der Waals surface area contributed by atoms with Gasteiger partial charge in [0.05, 0.1) is 5.69 Å². The van der Waals surface area contributed by atoms with Crippen LogP contribution in [0.5, 0.6) is 11.5 Å². The smallest absolute Gasteiger partial charge is 0.306 e. The average molecular weight is 416 g/mol. The monoisotopic (exact) mass is 416 g/mol. The summed E-state index contributed by atoms with van der Waals surface area (Å²) in [5.41, 5.74) is 0.784. The molecule has 2 amide bonds. The first-order valence-corrected chi connectivity index (χ1v) is 10.1. The number of fused-ring (bicyclic) bond motifs is 1. The van der Waals surface area contributed by atoms with E-state index in [0.29, 0.717) is 61.5 Å². The van der Waals surface area contributed by atoms with E-state index in [1.54, 1.807) is 17.0 Å². The molecule has 0 bridgehead atoms. The maximum Gasteiger partial charge on any atom is 0.306 e. The van der Waals surface area contributed by atoms with Gasteiger partial charge in [-0.3, -0.25) is 19.2 Å². The van der Waals surface area contributed by atoms with Crippen LogP contribution in [-0.4, -0.2) is 54.5 Å². The number of esters is 1. The van der Waals surface area contributed by atoms with Crippen molar-refractivity contribution < 1.29 is 33.4 Å². The summed E-state index contributed by atoms with van der Waals surface area (Å²) >= 11 is 0. The number of hydrogen-bond acceptors (Lipinski definition) is 7. The van der Waals surface area contributed by atoms with Gasteiger partial charge in [0.2, 0.25) is 12.7 Å². The van der Waals surface area contributed by atoms with Crippen LogP contribution in [-0.2, 0) is 19.1 Å². The van der Waals surface area contributed by atoms with Gasteiger partial charge in [-0.25, -0.2) is 0 Å². The number of hydrogen-bond donors (Lipinski definition) is 1. The lowest BCUT2D eigenvalue weighted by molar-refractivity contribution is -0.153. The Morgan fingerprint density at radius 2 is 1.80 bits per heavy atom. The van der Waals surface area contributed by atoms with Gasteiger partial charge >= 0.3 is 5.97 Å². The van der Waals surface area contributed by atoms with Gasteiger partial charge in [-0.2, -0.15) is 0 Å². The van der Waals surface area contributed by atoms with Gasteiger partial charge in [0.15, 0.2) is 23.4 Å². The Morgan fingerprint density at radius 1 is 1.10 bits per heavy atom. The fourth-order valence-electron chi connectivity index (χ4n) is 4.06. The third-order valence-electron chi connectivity index (χ3n) is 5.73. The van der Waals surface area contributed by atoms with Gasteiger partial charge in [-0.05, 0) is 31.7 Å². The molecule has 0 spiro atoms. The number of nitrogens with one attached hydrogen (secondary N) is 1. The van der Waals surface area contributed by atoms with Crippen LogP contribution in [0, 0.1) is 5.92 Å². The molecule has 1 N–H and O–H groups in total. The van der Waals surface area contributed by atoms with E-state index in [0.717, 1.165) is 0 Å². The Labute approximate surface area is 173 Å². The van der Waals surface area contributed by atoms with E-state index in [9.17, 15) is 19.2 Å². The second-order valence-corrected chi connectivity index (χ2v) is 7.85. The number of nitrogens with zero attached hydrogens (tertiary/aromatic N) is 1. The number of anilines is 1. The summed E-state index contributed by atoms with van der Waals surface area (Å²) in [4.78, 5) is 49.9. The van der Waals surface area contributed by atoms with Crippen LogP contribution >= 0.6 is 0 Å². The molecule has 0 radical (unpaired) electrons. The topological polar surface area (TPSA) is 111 Å². The summed E-state index contributed by atoms with van der Waals surface area (Å²) in [6, 6.07) is 3.20. The maximum absolute atomic E-state index is 12.6. The van der Waals surface area contributed by atoms with E-state index < -0.39 is 6.10 Å². The van der Waals surface area contributed by atoms with Crippen LogP contribution < -0.4 is 14.8 Å². The summed E-state index contributed by atoms with van der Waals surface area (Å²) in [5.74, 6) is 0.283. The molecule has 3 aliphatic rings. The van der Waals surface area contributed by atoms with Crippen LogP contribution in [0.1, 0.15) is 49.4 Å². The largest absolute Gasteiger partial charge is 0.454 e. The van der Waals surface area contributed by atoms with Crippen molar-refractivity contribution in [3.63, 3.8) is 0 Å². The molecule has 1 aromatic rings. The number of amides is 2. The van der Waals surface area contributed by atoms with E-state index in [1.165, 1.54) is 6.92 Å². The Balaban J connectivity index is 1.31. The molecule has 9 heteroatoms. The highest BCUT2D eigenvalue weighted by atomic mass is 16.7. The molecular weight excluding hydrogens is 392 g/mol. The van der Waals surface area contributed by atoms with Crippen molar-refractivity contribution in [2.75, 3.05) is 25.2 Å². The van der Waals surface area contributed by atoms with Crippen molar-refractivity contribution >= 4 is 29.3 Å². The van der Waals surface area contributed by atoms with E-state index >= 15 is 0 Å². The van der Waals surface area contributed by atoms with Gasteiger partial charge in [-0.15, -0.1) is 0 Å². The number of carbonyl (C=O) groups is 4. The van der Waals surface area contributed by atoms with Gasteiger partial charge in [0.1, 0.15) is 0 Å². The molecule has 0 unspecified atom stereocenters. The van der Waals surface area contributed by atoms with Crippen molar-refractivity contribution in [2.45, 2.75) is 45.1 Å². The first-order valence-electron chi connectivity index (χ1n) is 10.1. The molecule has 9 nitrogen and oxygen atoms in total. The van der Waals surface area contributed by atoms with Gasteiger partial charge < -0.3 is 24.4 Å². The third kappa shape index (κ3) is 4.24. The second-order valence-electron chi connectivity index (χ2n) is 7.85. The minimum atomic E-state index is -0.659. The van der Waals surface area contributed by atoms with Crippen LogP contribution in [0.2, 0.25) is 0 Å². The molecule has 3 heterocycles. The number of ketones is 1. The summed E-state index contributed by atoms with van der Waals surface area (Å²) in [7, 11) is 0. The number of carbonyl (C=O) groups excluding carboxylic acids is 4. The highest BCUT2D eigenvalue weighted by molar-refractivity contribution is 6.04. The molecule has 1 atom stereocenters. The molecule has 3 aliphatic heterocycles. The molecule has 0 aromatic heterocycles. The third-order valence-corrected chi connectivity index (χ3v) is 5.73. The number of ether oxygens (including phenoxy) is 3. The van der Waals surface area contributed by atoms with Crippen LogP contribution in [0.15, 0.2) is 12.1 Å². The average Bonchev–Trinajstić information content (AvgIpc) is 3.35. The van der Waals surface area contributed by atoms with Crippen molar-refractivity contribution in [1.29, 1.82) is 0 Å². The molecular formula is C21H24N2O7. The summed E-state index contributed by atoms with van der Waals surface area (Å²) < 4.78 is 15.7. The van der Waals surface area contributed by atoms with Crippen LogP contribution in [0.25, 0.3) is 0 Å². The zero-order valence-corrected chi connectivity index (χ0v) is 16.8. The highest BCUT2D eigenvalue weighted by Crippen LogP contribution is 2.37. The van der Waals surface area contributed by atoms with E-state index in [2.05, 4.69) is 5.32 Å². The Bertz CT molecular complexity index is 890. The zero-order chi connectivity index (χ0) is 21.3. The van der Waals surface area contributed by atoms with Crippen molar-refractivity contribution in [3.05, 3.63) is 17.7 Å². The Hall–Kier alpha value is -3.10. The normalized spacial score (nSPS) is 20.8. The maximum atomic E-state index is 12.6. The molecule has 0 aliphatic carbocycles. The summed E-state index contributed by atoms with van der Waals surface area (Å²) in [6.45, 7) is 2.59. The first-order chi connectivity index (χ1) is 14.4. The van der Waals surface area contributed by atoms with Crippen molar-refractivity contribution in [3.8, 4) is 11.5 Å². The van der Waals surface area contributed by atoms with E-state index in [4.69, 9.17) is 14.2 Å². The first kappa shape index (κ1) is 20.2. The van der Waals surface area contributed by atoms with Gasteiger partial charge in [0.25, 0.3) is 5.91 Å². The Morgan fingerprint density at radius 3 is 2.43 bits per heavy atom. The number of Topliss-reactive ketones (excluding diaryl/α,β-unsaturated/α-hetero) is 1.